The van der Waals surface area contributed by atoms with Crippen molar-refractivity contribution < 1.29 is 4.79 Å². The molecular formula is C10H20N2OS. The Balaban J connectivity index is 2.12. The summed E-state index contributed by atoms with van der Waals surface area (Å²) in [5.41, 5.74) is 0. The maximum absolute atomic E-state index is 11.5. The van der Waals surface area contributed by atoms with Crippen LogP contribution in [0.4, 0.5) is 0 Å². The van der Waals surface area contributed by atoms with Crippen molar-refractivity contribution in [2.24, 2.45) is 0 Å². The molecule has 82 valence electrons. The van der Waals surface area contributed by atoms with E-state index in [-0.39, 0.29) is 11.9 Å². The van der Waals surface area contributed by atoms with Crippen molar-refractivity contribution >= 4 is 17.7 Å². The standard InChI is InChI=1S/C10H20N2OS/c1-7(14-3)6-11-8(2)10(13)12-9-4-5-9/h7-9,11H,4-6H2,1-3H3,(H,12,13). The number of hydrogen-bond acceptors (Lipinski definition) is 3. The molecule has 0 bridgehead atoms. The van der Waals surface area contributed by atoms with Crippen LogP contribution in [0.2, 0.25) is 0 Å². The average Bonchev–Trinajstić information content (AvgIpc) is 2.97. The van der Waals surface area contributed by atoms with Crippen molar-refractivity contribution in [1.29, 1.82) is 0 Å². The molecule has 4 heteroatoms. The van der Waals surface area contributed by atoms with Crippen LogP contribution in [0.25, 0.3) is 0 Å². The van der Waals surface area contributed by atoms with E-state index in [0.717, 1.165) is 19.4 Å². The lowest BCUT2D eigenvalue weighted by atomic mass is 10.3. The first-order valence-electron chi connectivity index (χ1n) is 5.20. The highest BCUT2D eigenvalue weighted by Crippen LogP contribution is 2.18. The zero-order chi connectivity index (χ0) is 10.6. The Kier molecular flexibility index (Phi) is 4.75. The number of thioether (sulfide) groups is 1. The van der Waals surface area contributed by atoms with Gasteiger partial charge in [0.2, 0.25) is 5.91 Å². The van der Waals surface area contributed by atoms with E-state index in [1.165, 1.54) is 0 Å². The zero-order valence-electron chi connectivity index (χ0n) is 9.17. The van der Waals surface area contributed by atoms with Crippen molar-refractivity contribution in [3.63, 3.8) is 0 Å². The number of amides is 1. The van der Waals surface area contributed by atoms with Gasteiger partial charge in [-0.2, -0.15) is 11.8 Å². The number of nitrogens with one attached hydrogen (secondary N) is 2. The monoisotopic (exact) mass is 216 g/mol. The first-order valence-corrected chi connectivity index (χ1v) is 6.49. The predicted octanol–water partition coefficient (Wildman–Crippen LogP) is 0.995. The van der Waals surface area contributed by atoms with Crippen molar-refractivity contribution in [1.82, 2.24) is 10.6 Å². The minimum absolute atomic E-state index is 0.0646. The van der Waals surface area contributed by atoms with E-state index in [1.54, 1.807) is 0 Å². The van der Waals surface area contributed by atoms with E-state index in [1.807, 2.05) is 18.7 Å². The molecule has 0 aromatic carbocycles. The van der Waals surface area contributed by atoms with Gasteiger partial charge < -0.3 is 10.6 Å². The number of hydrogen-bond donors (Lipinski definition) is 2. The molecule has 1 fully saturated rings. The second kappa shape index (κ2) is 5.61. The highest BCUT2D eigenvalue weighted by atomic mass is 32.2. The lowest BCUT2D eigenvalue weighted by Gasteiger charge is -2.16. The highest BCUT2D eigenvalue weighted by molar-refractivity contribution is 7.99. The van der Waals surface area contributed by atoms with Crippen LogP contribution >= 0.6 is 11.8 Å². The van der Waals surface area contributed by atoms with Crippen molar-refractivity contribution in [3.8, 4) is 0 Å². The van der Waals surface area contributed by atoms with E-state index in [0.29, 0.717) is 11.3 Å². The molecule has 2 unspecified atom stereocenters. The molecule has 1 rings (SSSR count). The highest BCUT2D eigenvalue weighted by Gasteiger charge is 2.25. The zero-order valence-corrected chi connectivity index (χ0v) is 9.99. The normalized spacial score (nSPS) is 20.2. The predicted molar refractivity (Wildman–Crippen MR) is 61.6 cm³/mol. The van der Waals surface area contributed by atoms with Crippen LogP contribution in [0.3, 0.4) is 0 Å². The van der Waals surface area contributed by atoms with Gasteiger partial charge in [-0.3, -0.25) is 4.79 Å². The van der Waals surface area contributed by atoms with Crippen LogP contribution in [0.5, 0.6) is 0 Å². The fourth-order valence-corrected chi connectivity index (χ4v) is 1.34. The lowest BCUT2D eigenvalue weighted by Crippen LogP contribution is -2.44. The van der Waals surface area contributed by atoms with Crippen molar-refractivity contribution in [2.45, 2.75) is 44.0 Å². The average molecular weight is 216 g/mol. The molecule has 0 spiro atoms. The molecule has 0 aromatic rings. The maximum atomic E-state index is 11.5. The summed E-state index contributed by atoms with van der Waals surface area (Å²) in [6, 6.07) is 0.398. The molecule has 3 nitrogen and oxygen atoms in total. The molecule has 0 radical (unpaired) electrons. The second-order valence-electron chi connectivity index (χ2n) is 3.96. The Morgan fingerprint density at radius 1 is 1.50 bits per heavy atom. The third-order valence-corrected chi connectivity index (χ3v) is 3.40. The summed E-state index contributed by atoms with van der Waals surface area (Å²) >= 11 is 1.81. The summed E-state index contributed by atoms with van der Waals surface area (Å²) in [6.07, 6.45) is 4.39. The Bertz CT molecular complexity index is 195. The van der Waals surface area contributed by atoms with Gasteiger partial charge in [0, 0.05) is 17.8 Å². The molecule has 0 saturated heterocycles. The minimum Gasteiger partial charge on any atom is -0.352 e. The minimum atomic E-state index is -0.0646. The lowest BCUT2D eigenvalue weighted by molar-refractivity contribution is -0.122. The Labute approximate surface area is 90.4 Å². The topological polar surface area (TPSA) is 41.1 Å². The molecule has 2 atom stereocenters. The summed E-state index contributed by atoms with van der Waals surface area (Å²) in [5.74, 6) is 0.140. The molecule has 0 aromatic heterocycles. The fourth-order valence-electron chi connectivity index (χ4n) is 1.07. The van der Waals surface area contributed by atoms with E-state index < -0.39 is 0 Å². The fraction of sp³-hybridized carbons (Fsp3) is 0.900. The summed E-state index contributed by atoms with van der Waals surface area (Å²) in [5, 5.41) is 6.78. The third kappa shape index (κ3) is 4.33. The van der Waals surface area contributed by atoms with Gasteiger partial charge in [0.25, 0.3) is 0 Å². The molecule has 1 amide bonds. The molecule has 1 saturated carbocycles. The molecule has 2 N–H and O–H groups in total. The van der Waals surface area contributed by atoms with Crippen molar-refractivity contribution in [3.05, 3.63) is 0 Å². The molecule has 1 aliphatic rings. The van der Waals surface area contributed by atoms with Crippen molar-refractivity contribution in [2.75, 3.05) is 12.8 Å². The first kappa shape index (κ1) is 11.9. The van der Waals surface area contributed by atoms with E-state index in [2.05, 4.69) is 23.8 Å². The molecule has 14 heavy (non-hydrogen) atoms. The molecule has 0 aliphatic heterocycles. The smallest absolute Gasteiger partial charge is 0.237 e. The Morgan fingerprint density at radius 3 is 2.64 bits per heavy atom. The number of carbonyl (C=O) groups is 1. The summed E-state index contributed by atoms with van der Waals surface area (Å²) in [6.45, 7) is 4.97. The van der Waals surface area contributed by atoms with Gasteiger partial charge in [-0.05, 0) is 26.0 Å². The summed E-state index contributed by atoms with van der Waals surface area (Å²) in [4.78, 5) is 11.5. The number of rotatable bonds is 6. The van der Waals surface area contributed by atoms with Crippen LogP contribution in [0.15, 0.2) is 0 Å². The van der Waals surface area contributed by atoms with E-state index >= 15 is 0 Å². The van der Waals surface area contributed by atoms with Gasteiger partial charge >= 0.3 is 0 Å². The summed E-state index contributed by atoms with van der Waals surface area (Å²) in [7, 11) is 0. The van der Waals surface area contributed by atoms with Crippen LogP contribution in [0.1, 0.15) is 26.7 Å². The van der Waals surface area contributed by atoms with Gasteiger partial charge in [-0.15, -0.1) is 0 Å². The maximum Gasteiger partial charge on any atom is 0.237 e. The van der Waals surface area contributed by atoms with Crippen LogP contribution in [-0.2, 0) is 4.79 Å². The van der Waals surface area contributed by atoms with Crippen LogP contribution in [-0.4, -0.2) is 36.0 Å². The van der Waals surface area contributed by atoms with E-state index in [4.69, 9.17) is 0 Å². The van der Waals surface area contributed by atoms with Gasteiger partial charge in [0.15, 0.2) is 0 Å². The quantitative estimate of drug-likeness (QED) is 0.696. The molecular weight excluding hydrogens is 196 g/mol. The third-order valence-electron chi connectivity index (χ3n) is 2.43. The molecule has 1 aliphatic carbocycles. The van der Waals surface area contributed by atoms with Crippen LogP contribution < -0.4 is 10.6 Å². The second-order valence-corrected chi connectivity index (χ2v) is 5.24. The Morgan fingerprint density at radius 2 is 2.14 bits per heavy atom. The van der Waals surface area contributed by atoms with Gasteiger partial charge in [0.05, 0.1) is 6.04 Å². The van der Waals surface area contributed by atoms with E-state index in [9.17, 15) is 4.79 Å². The largest absolute Gasteiger partial charge is 0.352 e. The SMILES string of the molecule is CSC(C)CNC(C)C(=O)NC1CC1. The van der Waals surface area contributed by atoms with Gasteiger partial charge in [-0.1, -0.05) is 6.92 Å². The van der Waals surface area contributed by atoms with Gasteiger partial charge in [0.1, 0.15) is 0 Å². The van der Waals surface area contributed by atoms with Gasteiger partial charge in [-0.25, -0.2) is 0 Å². The first-order chi connectivity index (χ1) is 6.63. The molecule has 0 heterocycles. The Hall–Kier alpha value is -0.220. The van der Waals surface area contributed by atoms with Crippen LogP contribution in [0, 0.1) is 0 Å². The summed E-state index contributed by atoms with van der Waals surface area (Å²) < 4.78 is 0. The number of carbonyl (C=O) groups excluding carboxylic acids is 1.